The lowest BCUT2D eigenvalue weighted by Gasteiger charge is -2.06. The molecule has 2 N–H and O–H groups in total. The zero-order valence-corrected chi connectivity index (χ0v) is 19.0. The van der Waals surface area contributed by atoms with E-state index in [2.05, 4.69) is 21.6 Å². The van der Waals surface area contributed by atoms with Gasteiger partial charge < -0.3 is 9.84 Å². The number of benzene rings is 3. The fourth-order valence-corrected chi connectivity index (χ4v) is 4.95. The van der Waals surface area contributed by atoms with E-state index in [0.717, 1.165) is 21.2 Å². The van der Waals surface area contributed by atoms with Crippen molar-refractivity contribution in [3.63, 3.8) is 0 Å². The third-order valence-corrected chi connectivity index (χ3v) is 6.77. The Kier molecular flexibility index (Phi) is 7.03. The Balaban J connectivity index is 1.31. The molecule has 0 atom stereocenters. The van der Waals surface area contributed by atoms with Gasteiger partial charge in [0.1, 0.15) is 0 Å². The topological polar surface area (TPSA) is 83.8 Å². The monoisotopic (exact) mass is 463 g/mol. The largest absolute Gasteiger partial charge is 0.504 e. The first-order chi connectivity index (χ1) is 15.6. The van der Waals surface area contributed by atoms with Gasteiger partial charge in [-0.1, -0.05) is 36.0 Å². The maximum atomic E-state index is 12.3. The number of hydrogen-bond acceptors (Lipinski definition) is 7. The second-order valence-electron chi connectivity index (χ2n) is 6.79. The summed E-state index contributed by atoms with van der Waals surface area (Å²) in [6.45, 7) is 2.28. The number of rotatable bonds is 8. The first kappa shape index (κ1) is 21.9. The molecule has 0 bridgehead atoms. The van der Waals surface area contributed by atoms with E-state index in [1.807, 2.05) is 37.3 Å². The Hall–Kier alpha value is -3.36. The summed E-state index contributed by atoms with van der Waals surface area (Å²) >= 11 is 3.37. The normalized spacial score (nSPS) is 11.2. The molecule has 0 aliphatic carbocycles. The minimum Gasteiger partial charge on any atom is -0.504 e. The molecular formula is C24H21N3O3S2. The third kappa shape index (κ3) is 5.46. The van der Waals surface area contributed by atoms with E-state index in [4.69, 9.17) is 4.74 Å². The van der Waals surface area contributed by atoms with Gasteiger partial charge in [-0.3, -0.25) is 4.79 Å². The van der Waals surface area contributed by atoms with Gasteiger partial charge in [0.15, 0.2) is 15.8 Å². The molecule has 0 saturated heterocycles. The summed E-state index contributed by atoms with van der Waals surface area (Å²) in [6, 6.07) is 20.4. The van der Waals surface area contributed by atoms with E-state index in [0.29, 0.717) is 23.5 Å². The van der Waals surface area contributed by atoms with E-state index in [1.165, 1.54) is 17.0 Å². The molecule has 0 aliphatic heterocycles. The van der Waals surface area contributed by atoms with Crippen molar-refractivity contribution in [2.45, 2.75) is 17.0 Å². The van der Waals surface area contributed by atoms with Crippen LogP contribution in [0.3, 0.4) is 0 Å². The predicted octanol–water partition coefficient (Wildman–Crippen LogP) is 5.46. The summed E-state index contributed by atoms with van der Waals surface area (Å²) in [5, 5.41) is 13.7. The van der Waals surface area contributed by atoms with Gasteiger partial charge in [0.2, 0.25) is 0 Å². The lowest BCUT2D eigenvalue weighted by atomic mass is 10.1. The van der Waals surface area contributed by atoms with Crippen LogP contribution in [0.4, 0.5) is 0 Å². The molecule has 6 nitrogen and oxygen atoms in total. The van der Waals surface area contributed by atoms with Crippen molar-refractivity contribution in [1.29, 1.82) is 0 Å². The molecule has 1 heterocycles. The Morgan fingerprint density at radius 2 is 2.00 bits per heavy atom. The van der Waals surface area contributed by atoms with Gasteiger partial charge in [-0.2, -0.15) is 5.10 Å². The number of amides is 1. The maximum absolute atomic E-state index is 12.3. The van der Waals surface area contributed by atoms with Crippen LogP contribution in [0.25, 0.3) is 10.2 Å². The number of aromatic hydroxyl groups is 1. The Bertz CT molecular complexity index is 1220. The number of hydrazone groups is 1. The Morgan fingerprint density at radius 3 is 2.78 bits per heavy atom. The summed E-state index contributed by atoms with van der Waals surface area (Å²) in [6.07, 6.45) is 1.50. The number of nitrogens with zero attached hydrogens (tertiary/aromatic N) is 2. The molecule has 4 aromatic rings. The highest BCUT2D eigenvalue weighted by Gasteiger charge is 2.07. The average molecular weight is 464 g/mol. The molecule has 162 valence electrons. The lowest BCUT2D eigenvalue weighted by molar-refractivity contribution is 0.0955. The molecular weight excluding hydrogens is 442 g/mol. The van der Waals surface area contributed by atoms with Crippen LogP contribution < -0.4 is 10.2 Å². The Morgan fingerprint density at radius 1 is 1.19 bits per heavy atom. The highest BCUT2D eigenvalue weighted by Crippen LogP contribution is 2.31. The van der Waals surface area contributed by atoms with Crippen molar-refractivity contribution in [2.24, 2.45) is 5.10 Å². The number of para-hydroxylation sites is 1. The smallest absolute Gasteiger partial charge is 0.271 e. The maximum Gasteiger partial charge on any atom is 0.271 e. The van der Waals surface area contributed by atoms with Crippen LogP contribution in [-0.4, -0.2) is 28.8 Å². The van der Waals surface area contributed by atoms with Crippen molar-refractivity contribution >= 4 is 45.4 Å². The number of ether oxygens (including phenoxy) is 1. The van der Waals surface area contributed by atoms with Gasteiger partial charge in [0.05, 0.1) is 23.0 Å². The molecule has 0 aliphatic rings. The van der Waals surface area contributed by atoms with Crippen molar-refractivity contribution < 1.29 is 14.6 Å². The van der Waals surface area contributed by atoms with E-state index < -0.39 is 0 Å². The van der Waals surface area contributed by atoms with Gasteiger partial charge >= 0.3 is 0 Å². The highest BCUT2D eigenvalue weighted by atomic mass is 32.2. The highest BCUT2D eigenvalue weighted by molar-refractivity contribution is 8.00. The van der Waals surface area contributed by atoms with Crippen molar-refractivity contribution in [3.8, 4) is 11.5 Å². The van der Waals surface area contributed by atoms with Gasteiger partial charge in [0, 0.05) is 11.3 Å². The molecule has 4 rings (SSSR count). The number of hydrogen-bond donors (Lipinski definition) is 2. The number of aromatic nitrogens is 1. The number of phenols is 1. The van der Waals surface area contributed by atoms with Crippen LogP contribution in [0, 0.1) is 0 Å². The molecule has 3 aromatic carbocycles. The summed E-state index contributed by atoms with van der Waals surface area (Å²) < 4.78 is 7.56. The number of carbonyl (C=O) groups is 1. The Labute approximate surface area is 194 Å². The summed E-state index contributed by atoms with van der Waals surface area (Å²) in [4.78, 5) is 17.0. The fraction of sp³-hybridized carbons (Fsp3) is 0.125. The van der Waals surface area contributed by atoms with E-state index in [-0.39, 0.29) is 11.7 Å². The van der Waals surface area contributed by atoms with Crippen LogP contribution in [0.5, 0.6) is 11.5 Å². The van der Waals surface area contributed by atoms with Crippen molar-refractivity contribution in [3.05, 3.63) is 83.4 Å². The number of fused-ring (bicyclic) bond motifs is 1. The van der Waals surface area contributed by atoms with Gasteiger partial charge in [-0.05, 0) is 60.5 Å². The van der Waals surface area contributed by atoms with E-state index in [1.54, 1.807) is 47.4 Å². The SMILES string of the molecule is CCOc1cc(C=NNC(=O)c2ccc(CSc3nc4ccccc4s3)cc2)ccc1O. The van der Waals surface area contributed by atoms with E-state index >= 15 is 0 Å². The minimum atomic E-state index is -0.296. The van der Waals surface area contributed by atoms with Crippen LogP contribution >= 0.6 is 23.1 Å². The number of thiazole rings is 1. The zero-order valence-electron chi connectivity index (χ0n) is 17.3. The number of phenolic OH excluding ortho intramolecular Hbond substituents is 1. The first-order valence-electron chi connectivity index (χ1n) is 9.99. The molecule has 0 saturated carbocycles. The van der Waals surface area contributed by atoms with Gasteiger partial charge in [0.25, 0.3) is 5.91 Å². The second-order valence-corrected chi connectivity index (χ2v) is 9.05. The van der Waals surface area contributed by atoms with Crippen LogP contribution in [0.1, 0.15) is 28.4 Å². The molecule has 32 heavy (non-hydrogen) atoms. The average Bonchev–Trinajstić information content (AvgIpc) is 3.23. The summed E-state index contributed by atoms with van der Waals surface area (Å²) in [5.41, 5.74) is 5.88. The quantitative estimate of drug-likeness (QED) is 0.206. The van der Waals surface area contributed by atoms with Crippen LogP contribution in [-0.2, 0) is 5.75 Å². The number of thioether (sulfide) groups is 1. The van der Waals surface area contributed by atoms with Crippen molar-refractivity contribution in [2.75, 3.05) is 6.61 Å². The van der Waals surface area contributed by atoms with Gasteiger partial charge in [-0.25, -0.2) is 10.4 Å². The molecule has 0 spiro atoms. The number of carbonyl (C=O) groups excluding carboxylic acids is 1. The molecule has 1 aromatic heterocycles. The molecule has 0 radical (unpaired) electrons. The predicted molar refractivity (Wildman–Crippen MR) is 130 cm³/mol. The standard InChI is InChI=1S/C24H21N3O3S2/c1-2-30-21-13-17(9-12-20(21)28)14-25-27-23(29)18-10-7-16(8-11-18)15-31-24-26-19-5-3-4-6-22(19)32-24/h3-14,28H,2,15H2,1H3,(H,27,29). The third-order valence-electron chi connectivity index (χ3n) is 4.52. The number of nitrogens with one attached hydrogen (secondary N) is 1. The summed E-state index contributed by atoms with van der Waals surface area (Å²) in [5.74, 6) is 0.926. The molecule has 8 heteroatoms. The second kappa shape index (κ2) is 10.3. The van der Waals surface area contributed by atoms with Crippen molar-refractivity contribution in [1.82, 2.24) is 10.4 Å². The minimum absolute atomic E-state index is 0.0643. The zero-order chi connectivity index (χ0) is 22.3. The molecule has 0 fully saturated rings. The summed E-state index contributed by atoms with van der Waals surface area (Å²) in [7, 11) is 0. The molecule has 1 amide bonds. The lowest BCUT2D eigenvalue weighted by Crippen LogP contribution is -2.17. The van der Waals surface area contributed by atoms with E-state index in [9.17, 15) is 9.90 Å². The first-order valence-corrected chi connectivity index (χ1v) is 11.8. The molecule has 0 unspecified atom stereocenters. The van der Waals surface area contributed by atoms with Gasteiger partial charge in [-0.15, -0.1) is 11.3 Å². The fourth-order valence-electron chi connectivity index (χ4n) is 2.92. The van der Waals surface area contributed by atoms with Crippen LogP contribution in [0.15, 0.2) is 76.2 Å². The van der Waals surface area contributed by atoms with Crippen LogP contribution in [0.2, 0.25) is 0 Å².